The minimum atomic E-state index is -0.606. The standard InChI is InChI=1S/C24H30FN5O3/c1-13(2)33-21-17(14(3)23-28-15(4)20-22(26)27-9-11-30(20)23)6-7-18(25)19(21)24(31)29-10-8-16(12-29)32-5/h6-7,9,11,13-14,16H,8,10,12H2,1-5H3,(H2,26,27). The Hall–Kier alpha value is -3.20. The van der Waals surface area contributed by atoms with Crippen LogP contribution in [0.25, 0.3) is 5.52 Å². The van der Waals surface area contributed by atoms with Crippen LogP contribution in [0.4, 0.5) is 10.2 Å². The minimum absolute atomic E-state index is 0.0492. The van der Waals surface area contributed by atoms with Crippen molar-refractivity contribution >= 4 is 17.2 Å². The molecule has 1 amide bonds. The van der Waals surface area contributed by atoms with Crippen molar-refractivity contribution in [2.45, 2.75) is 52.2 Å². The van der Waals surface area contributed by atoms with E-state index in [1.54, 1.807) is 30.5 Å². The fraction of sp³-hybridized carbons (Fsp3) is 0.458. The van der Waals surface area contributed by atoms with Crippen molar-refractivity contribution in [2.24, 2.45) is 0 Å². The lowest BCUT2D eigenvalue weighted by molar-refractivity contribution is 0.0713. The quantitative estimate of drug-likeness (QED) is 0.611. The molecular formula is C24H30FN5O3. The summed E-state index contributed by atoms with van der Waals surface area (Å²) in [6.07, 6.45) is 3.82. The number of halogens is 1. The summed E-state index contributed by atoms with van der Waals surface area (Å²) < 4.78 is 28.5. The van der Waals surface area contributed by atoms with Gasteiger partial charge in [0.05, 0.1) is 17.9 Å². The Morgan fingerprint density at radius 3 is 2.73 bits per heavy atom. The number of benzene rings is 1. The van der Waals surface area contributed by atoms with Crippen molar-refractivity contribution < 1.29 is 18.7 Å². The molecule has 0 radical (unpaired) electrons. The zero-order valence-corrected chi connectivity index (χ0v) is 19.6. The summed E-state index contributed by atoms with van der Waals surface area (Å²) in [5, 5.41) is 0. The van der Waals surface area contributed by atoms with Gasteiger partial charge in [0, 0.05) is 44.1 Å². The second kappa shape index (κ2) is 8.97. The SMILES string of the molecule is COC1CCN(C(=O)c2c(F)ccc(C(C)c3nc(C)c4c(N)nccn34)c2OC(C)C)C1. The number of aromatic nitrogens is 3. The van der Waals surface area contributed by atoms with Gasteiger partial charge in [-0.3, -0.25) is 9.20 Å². The van der Waals surface area contributed by atoms with Crippen LogP contribution in [0.2, 0.25) is 0 Å². The number of carbonyl (C=O) groups excluding carboxylic acids is 1. The number of anilines is 1. The van der Waals surface area contributed by atoms with Crippen LogP contribution in [0.5, 0.6) is 5.75 Å². The third-order valence-electron chi connectivity index (χ3n) is 6.11. The second-order valence-corrected chi connectivity index (χ2v) is 8.71. The van der Waals surface area contributed by atoms with Gasteiger partial charge in [-0.05, 0) is 33.3 Å². The number of carbonyl (C=O) groups is 1. The number of fused-ring (bicyclic) bond motifs is 1. The van der Waals surface area contributed by atoms with Crippen LogP contribution >= 0.6 is 0 Å². The number of nitrogens with two attached hydrogens (primary N) is 1. The normalized spacial score (nSPS) is 17.2. The first-order valence-corrected chi connectivity index (χ1v) is 11.1. The molecule has 1 aromatic carbocycles. The third kappa shape index (κ3) is 4.13. The molecule has 2 unspecified atom stereocenters. The van der Waals surface area contributed by atoms with E-state index in [1.807, 2.05) is 32.1 Å². The van der Waals surface area contributed by atoms with Crippen LogP contribution in [-0.2, 0) is 4.74 Å². The molecule has 3 heterocycles. The number of imidazole rings is 1. The van der Waals surface area contributed by atoms with E-state index >= 15 is 4.39 Å². The van der Waals surface area contributed by atoms with Gasteiger partial charge in [0.25, 0.3) is 5.91 Å². The van der Waals surface area contributed by atoms with Crippen molar-refractivity contribution in [1.29, 1.82) is 0 Å². The van der Waals surface area contributed by atoms with Gasteiger partial charge in [0.1, 0.15) is 34.3 Å². The maximum Gasteiger partial charge on any atom is 0.260 e. The Kier molecular flexibility index (Phi) is 6.25. The van der Waals surface area contributed by atoms with Crippen molar-refractivity contribution in [2.75, 3.05) is 25.9 Å². The number of rotatable bonds is 6. The molecule has 1 aliphatic rings. The Morgan fingerprint density at radius 1 is 1.30 bits per heavy atom. The summed E-state index contributed by atoms with van der Waals surface area (Å²) in [5.41, 5.74) is 8.17. The van der Waals surface area contributed by atoms with Gasteiger partial charge >= 0.3 is 0 Å². The summed E-state index contributed by atoms with van der Waals surface area (Å²) in [4.78, 5) is 23.9. The first kappa shape index (κ1) is 23.0. The molecule has 4 rings (SSSR count). The van der Waals surface area contributed by atoms with Gasteiger partial charge in [0.2, 0.25) is 0 Å². The highest BCUT2D eigenvalue weighted by atomic mass is 19.1. The Labute approximate surface area is 192 Å². The number of aryl methyl sites for hydroxylation is 1. The van der Waals surface area contributed by atoms with E-state index in [2.05, 4.69) is 4.98 Å². The van der Waals surface area contributed by atoms with E-state index in [0.29, 0.717) is 30.3 Å². The van der Waals surface area contributed by atoms with Crippen molar-refractivity contribution in [3.63, 3.8) is 0 Å². The molecule has 0 aliphatic carbocycles. The summed E-state index contributed by atoms with van der Waals surface area (Å²) in [6, 6.07) is 2.99. The van der Waals surface area contributed by atoms with Crippen molar-refractivity contribution in [3.8, 4) is 5.75 Å². The molecule has 176 valence electrons. The van der Waals surface area contributed by atoms with Gasteiger partial charge in [-0.15, -0.1) is 0 Å². The molecule has 0 saturated carbocycles. The van der Waals surface area contributed by atoms with Crippen molar-refractivity contribution in [3.05, 3.63) is 53.0 Å². The maximum absolute atomic E-state index is 15.1. The summed E-state index contributed by atoms with van der Waals surface area (Å²) >= 11 is 0. The first-order chi connectivity index (χ1) is 15.7. The fourth-order valence-corrected chi connectivity index (χ4v) is 4.45. The molecule has 0 bridgehead atoms. The molecule has 2 N–H and O–H groups in total. The Balaban J connectivity index is 1.83. The van der Waals surface area contributed by atoms with Crippen LogP contribution in [0, 0.1) is 12.7 Å². The summed E-state index contributed by atoms with van der Waals surface area (Å²) in [5.74, 6) is 0.0329. The number of hydrogen-bond acceptors (Lipinski definition) is 6. The lowest BCUT2D eigenvalue weighted by atomic mass is 9.95. The lowest BCUT2D eigenvalue weighted by Gasteiger charge is -2.24. The number of nitrogen functional groups attached to an aromatic ring is 1. The van der Waals surface area contributed by atoms with E-state index in [9.17, 15) is 4.79 Å². The summed E-state index contributed by atoms with van der Waals surface area (Å²) in [6.45, 7) is 8.46. The smallest absolute Gasteiger partial charge is 0.260 e. The minimum Gasteiger partial charge on any atom is -0.490 e. The highest BCUT2D eigenvalue weighted by Gasteiger charge is 2.33. The molecular weight excluding hydrogens is 425 g/mol. The highest BCUT2D eigenvalue weighted by Crippen LogP contribution is 2.38. The van der Waals surface area contributed by atoms with Crippen LogP contribution in [0.15, 0.2) is 24.5 Å². The molecule has 3 aromatic rings. The fourth-order valence-electron chi connectivity index (χ4n) is 4.45. The number of methoxy groups -OCH3 is 1. The molecule has 2 aromatic heterocycles. The van der Waals surface area contributed by atoms with Gasteiger partial charge in [-0.2, -0.15) is 0 Å². The molecule has 2 atom stereocenters. The van der Waals surface area contributed by atoms with E-state index in [4.69, 9.17) is 20.2 Å². The van der Waals surface area contributed by atoms with Gasteiger partial charge in [-0.1, -0.05) is 13.0 Å². The van der Waals surface area contributed by atoms with Crippen LogP contribution < -0.4 is 10.5 Å². The van der Waals surface area contributed by atoms with Crippen LogP contribution in [0.1, 0.15) is 60.5 Å². The molecule has 1 fully saturated rings. The maximum atomic E-state index is 15.1. The largest absolute Gasteiger partial charge is 0.490 e. The second-order valence-electron chi connectivity index (χ2n) is 8.71. The number of hydrogen-bond donors (Lipinski definition) is 1. The average molecular weight is 456 g/mol. The topological polar surface area (TPSA) is 95.0 Å². The van der Waals surface area contributed by atoms with E-state index in [-0.39, 0.29) is 29.4 Å². The number of ether oxygens (including phenoxy) is 2. The molecule has 1 saturated heterocycles. The molecule has 9 heteroatoms. The van der Waals surface area contributed by atoms with Crippen LogP contribution in [0.3, 0.4) is 0 Å². The number of amides is 1. The molecule has 1 aliphatic heterocycles. The summed E-state index contributed by atoms with van der Waals surface area (Å²) in [7, 11) is 1.62. The lowest BCUT2D eigenvalue weighted by Crippen LogP contribution is -2.31. The number of likely N-dealkylation sites (tertiary alicyclic amines) is 1. The number of nitrogens with zero attached hydrogens (tertiary/aromatic N) is 4. The zero-order valence-electron chi connectivity index (χ0n) is 19.6. The van der Waals surface area contributed by atoms with E-state index < -0.39 is 11.7 Å². The predicted molar refractivity (Wildman–Crippen MR) is 123 cm³/mol. The first-order valence-electron chi connectivity index (χ1n) is 11.1. The van der Waals surface area contributed by atoms with Gasteiger partial charge in [-0.25, -0.2) is 14.4 Å². The van der Waals surface area contributed by atoms with Crippen LogP contribution in [-0.4, -0.2) is 57.6 Å². The zero-order chi connectivity index (χ0) is 23.9. The highest BCUT2D eigenvalue weighted by molar-refractivity contribution is 5.98. The molecule has 8 nitrogen and oxygen atoms in total. The third-order valence-corrected chi connectivity index (χ3v) is 6.11. The van der Waals surface area contributed by atoms with Gasteiger partial charge in [0.15, 0.2) is 0 Å². The van der Waals surface area contributed by atoms with E-state index in [1.165, 1.54) is 6.07 Å². The monoisotopic (exact) mass is 455 g/mol. The van der Waals surface area contributed by atoms with E-state index in [0.717, 1.165) is 17.6 Å². The van der Waals surface area contributed by atoms with Gasteiger partial charge < -0.3 is 20.1 Å². The average Bonchev–Trinajstić information content (AvgIpc) is 3.38. The molecule has 33 heavy (non-hydrogen) atoms. The molecule has 0 spiro atoms. The van der Waals surface area contributed by atoms with Crippen molar-refractivity contribution in [1.82, 2.24) is 19.3 Å². The Morgan fingerprint density at radius 2 is 2.06 bits per heavy atom. The predicted octanol–water partition coefficient (Wildman–Crippen LogP) is 3.56. The Bertz CT molecular complexity index is 1190.